The Balaban J connectivity index is 2.17. The molecular formula is C15H29N3O3. The first-order chi connectivity index (χ1) is 10.0. The van der Waals surface area contributed by atoms with E-state index in [1.807, 2.05) is 4.90 Å². The van der Waals surface area contributed by atoms with Crippen LogP contribution < -0.4 is 10.6 Å². The minimum atomic E-state index is -0.0814. The normalized spacial score (nSPS) is 16.3. The summed E-state index contributed by atoms with van der Waals surface area (Å²) >= 11 is 0. The first-order valence-corrected chi connectivity index (χ1v) is 7.82. The van der Waals surface area contributed by atoms with Crippen LogP contribution in [-0.2, 0) is 14.3 Å². The highest BCUT2D eigenvalue weighted by Crippen LogP contribution is 2.12. The average Bonchev–Trinajstić information content (AvgIpc) is 2.44. The van der Waals surface area contributed by atoms with Crippen molar-refractivity contribution >= 4 is 11.8 Å². The molecule has 0 saturated carbocycles. The Morgan fingerprint density at radius 1 is 1.29 bits per heavy atom. The van der Waals surface area contributed by atoms with Crippen LogP contribution in [0.2, 0.25) is 0 Å². The molecular weight excluding hydrogens is 270 g/mol. The summed E-state index contributed by atoms with van der Waals surface area (Å²) in [5, 5.41) is 6.25. The summed E-state index contributed by atoms with van der Waals surface area (Å²) < 4.78 is 4.79. The molecule has 1 aliphatic heterocycles. The maximum Gasteiger partial charge on any atom is 0.246 e. The van der Waals surface area contributed by atoms with Gasteiger partial charge in [0.25, 0.3) is 0 Å². The number of nitrogens with zero attached hydrogens (tertiary/aromatic N) is 1. The van der Waals surface area contributed by atoms with Crippen LogP contribution in [0.3, 0.4) is 0 Å². The third kappa shape index (κ3) is 7.43. The Morgan fingerprint density at radius 2 is 1.95 bits per heavy atom. The Hall–Kier alpha value is -1.14. The van der Waals surface area contributed by atoms with Gasteiger partial charge in [-0.25, -0.2) is 0 Å². The lowest BCUT2D eigenvalue weighted by atomic mass is 10.0. The number of hydrogen-bond acceptors (Lipinski definition) is 4. The minimum Gasteiger partial charge on any atom is -0.375 e. The van der Waals surface area contributed by atoms with E-state index in [4.69, 9.17) is 4.74 Å². The van der Waals surface area contributed by atoms with Gasteiger partial charge in [-0.2, -0.15) is 0 Å². The molecule has 0 unspecified atom stereocenters. The fraction of sp³-hybridized carbons (Fsp3) is 0.867. The fourth-order valence-electron chi connectivity index (χ4n) is 2.46. The zero-order chi connectivity index (χ0) is 15.7. The van der Waals surface area contributed by atoms with Crippen molar-refractivity contribution in [3.8, 4) is 0 Å². The van der Waals surface area contributed by atoms with Gasteiger partial charge < -0.3 is 20.3 Å². The predicted molar refractivity (Wildman–Crippen MR) is 82.0 cm³/mol. The molecule has 6 nitrogen and oxygen atoms in total. The Bertz CT molecular complexity index is 326. The van der Waals surface area contributed by atoms with Crippen LogP contribution in [0.15, 0.2) is 0 Å². The number of hydrogen-bond donors (Lipinski definition) is 2. The number of likely N-dealkylation sites (tertiary alicyclic amines) is 1. The van der Waals surface area contributed by atoms with Crippen LogP contribution in [0, 0.1) is 0 Å². The average molecular weight is 299 g/mol. The lowest BCUT2D eigenvalue weighted by Crippen LogP contribution is -2.47. The van der Waals surface area contributed by atoms with E-state index in [1.54, 1.807) is 0 Å². The summed E-state index contributed by atoms with van der Waals surface area (Å²) in [6.45, 7) is 6.65. The van der Waals surface area contributed by atoms with Crippen LogP contribution in [0.4, 0.5) is 0 Å². The van der Waals surface area contributed by atoms with Crippen molar-refractivity contribution in [3.63, 3.8) is 0 Å². The zero-order valence-corrected chi connectivity index (χ0v) is 13.5. The lowest BCUT2D eigenvalue weighted by molar-refractivity contribution is -0.132. The number of carbonyl (C=O) groups is 2. The second-order valence-corrected chi connectivity index (χ2v) is 5.87. The van der Waals surface area contributed by atoms with Crippen LogP contribution in [0.5, 0.6) is 0 Å². The van der Waals surface area contributed by atoms with Gasteiger partial charge in [-0.1, -0.05) is 13.8 Å². The highest BCUT2D eigenvalue weighted by molar-refractivity contribution is 5.78. The molecule has 122 valence electrons. The van der Waals surface area contributed by atoms with Crippen molar-refractivity contribution in [1.82, 2.24) is 15.5 Å². The second kappa shape index (κ2) is 9.73. The summed E-state index contributed by atoms with van der Waals surface area (Å²) in [4.78, 5) is 25.4. The van der Waals surface area contributed by atoms with Gasteiger partial charge in [-0.05, 0) is 25.8 Å². The standard InChI is InChI=1S/C15H29N3O3/c1-12(2)16-8-4-5-15(20)18-9-6-13(7-10-18)17-14(19)11-21-3/h12-13,16H,4-11H2,1-3H3,(H,17,19). The molecule has 0 atom stereocenters. The van der Waals surface area contributed by atoms with Gasteiger partial charge in [0.15, 0.2) is 0 Å². The molecule has 21 heavy (non-hydrogen) atoms. The maximum absolute atomic E-state index is 12.1. The van der Waals surface area contributed by atoms with Crippen LogP contribution in [-0.4, -0.2) is 62.1 Å². The molecule has 1 aliphatic rings. The number of methoxy groups -OCH3 is 1. The highest BCUT2D eigenvalue weighted by atomic mass is 16.5. The summed E-state index contributed by atoms with van der Waals surface area (Å²) in [7, 11) is 1.51. The summed E-state index contributed by atoms with van der Waals surface area (Å²) in [6.07, 6.45) is 3.12. The molecule has 6 heteroatoms. The van der Waals surface area contributed by atoms with E-state index in [9.17, 15) is 9.59 Å². The molecule has 2 amide bonds. The van der Waals surface area contributed by atoms with E-state index in [-0.39, 0.29) is 24.5 Å². The topological polar surface area (TPSA) is 70.7 Å². The van der Waals surface area contributed by atoms with Crippen LogP contribution >= 0.6 is 0 Å². The minimum absolute atomic E-state index is 0.0814. The Morgan fingerprint density at radius 3 is 2.52 bits per heavy atom. The van der Waals surface area contributed by atoms with E-state index >= 15 is 0 Å². The van der Waals surface area contributed by atoms with Gasteiger partial charge >= 0.3 is 0 Å². The fourth-order valence-corrected chi connectivity index (χ4v) is 2.46. The quantitative estimate of drug-likeness (QED) is 0.641. The Kier molecular flexibility index (Phi) is 8.30. The third-order valence-electron chi connectivity index (χ3n) is 3.61. The number of ether oxygens (including phenoxy) is 1. The molecule has 1 rings (SSSR count). The molecule has 0 aromatic rings. The van der Waals surface area contributed by atoms with E-state index in [0.717, 1.165) is 38.9 Å². The van der Waals surface area contributed by atoms with Gasteiger partial charge in [0.2, 0.25) is 11.8 Å². The van der Waals surface area contributed by atoms with E-state index in [2.05, 4.69) is 24.5 Å². The SMILES string of the molecule is COCC(=O)NC1CCN(C(=O)CCCNC(C)C)CC1. The van der Waals surface area contributed by atoms with E-state index in [1.165, 1.54) is 7.11 Å². The lowest BCUT2D eigenvalue weighted by Gasteiger charge is -2.32. The van der Waals surface area contributed by atoms with E-state index < -0.39 is 0 Å². The summed E-state index contributed by atoms with van der Waals surface area (Å²) in [5.41, 5.74) is 0. The van der Waals surface area contributed by atoms with Gasteiger partial charge in [-0.15, -0.1) is 0 Å². The van der Waals surface area contributed by atoms with E-state index in [0.29, 0.717) is 12.5 Å². The molecule has 0 aliphatic carbocycles. The molecule has 2 N–H and O–H groups in total. The van der Waals surface area contributed by atoms with Crippen molar-refractivity contribution in [3.05, 3.63) is 0 Å². The van der Waals surface area contributed by atoms with Gasteiger partial charge in [-0.3, -0.25) is 9.59 Å². The maximum atomic E-state index is 12.1. The highest BCUT2D eigenvalue weighted by Gasteiger charge is 2.23. The molecule has 0 spiro atoms. The van der Waals surface area contributed by atoms with Crippen molar-refractivity contribution in [2.45, 2.75) is 51.6 Å². The number of rotatable bonds is 8. The largest absolute Gasteiger partial charge is 0.375 e. The van der Waals surface area contributed by atoms with Crippen molar-refractivity contribution in [2.75, 3.05) is 33.4 Å². The molecule has 0 aromatic heterocycles. The second-order valence-electron chi connectivity index (χ2n) is 5.87. The van der Waals surface area contributed by atoms with Crippen molar-refractivity contribution < 1.29 is 14.3 Å². The zero-order valence-electron chi connectivity index (χ0n) is 13.5. The number of nitrogens with one attached hydrogen (secondary N) is 2. The molecule has 0 radical (unpaired) electrons. The van der Waals surface area contributed by atoms with Crippen molar-refractivity contribution in [1.29, 1.82) is 0 Å². The van der Waals surface area contributed by atoms with Crippen molar-refractivity contribution in [2.24, 2.45) is 0 Å². The van der Waals surface area contributed by atoms with Crippen LogP contribution in [0.1, 0.15) is 39.5 Å². The first kappa shape index (κ1) is 17.9. The number of amides is 2. The summed E-state index contributed by atoms with van der Waals surface area (Å²) in [5.74, 6) is 0.143. The molecule has 0 aromatic carbocycles. The number of piperidine rings is 1. The monoisotopic (exact) mass is 299 g/mol. The third-order valence-corrected chi connectivity index (χ3v) is 3.61. The number of carbonyl (C=O) groups excluding carboxylic acids is 2. The Labute approximate surface area is 127 Å². The predicted octanol–water partition coefficient (Wildman–Crippen LogP) is 0.518. The summed E-state index contributed by atoms with van der Waals surface area (Å²) in [6, 6.07) is 0.630. The smallest absolute Gasteiger partial charge is 0.246 e. The van der Waals surface area contributed by atoms with Gasteiger partial charge in [0.05, 0.1) is 0 Å². The molecule has 1 fully saturated rings. The molecule has 1 heterocycles. The van der Waals surface area contributed by atoms with Crippen LogP contribution in [0.25, 0.3) is 0 Å². The van der Waals surface area contributed by atoms with Gasteiger partial charge in [0.1, 0.15) is 6.61 Å². The molecule has 1 saturated heterocycles. The molecule has 0 bridgehead atoms. The first-order valence-electron chi connectivity index (χ1n) is 7.82. The van der Waals surface area contributed by atoms with Gasteiger partial charge in [0, 0.05) is 38.7 Å².